The summed E-state index contributed by atoms with van der Waals surface area (Å²) in [6, 6.07) is 0. The van der Waals surface area contributed by atoms with Crippen molar-refractivity contribution in [2.75, 3.05) is 26.4 Å². The number of ether oxygens (including phenoxy) is 2. The molecular weight excluding hydrogens is 130 g/mol. The van der Waals surface area contributed by atoms with E-state index in [1.54, 1.807) is 0 Å². The van der Waals surface area contributed by atoms with Crippen LogP contribution in [0.2, 0.25) is 0 Å². The predicted molar refractivity (Wildman–Crippen MR) is 40.6 cm³/mol. The van der Waals surface area contributed by atoms with Crippen LogP contribution < -0.4 is 5.73 Å². The van der Waals surface area contributed by atoms with Crippen LogP contribution in [0.3, 0.4) is 0 Å². The lowest BCUT2D eigenvalue weighted by atomic mass is 10.6. The second-order valence-corrected chi connectivity index (χ2v) is 1.95. The first-order valence-corrected chi connectivity index (χ1v) is 3.33. The van der Waals surface area contributed by atoms with Gasteiger partial charge in [-0.15, -0.1) is 0 Å². The van der Waals surface area contributed by atoms with E-state index in [9.17, 15) is 0 Å². The molecule has 0 amide bonds. The molecule has 0 aromatic heterocycles. The standard InChI is InChI=1S/C7H15NO2/c1-7(2)10-6-5-9-4-3-8/h1,3-6,8H2,2H3. The van der Waals surface area contributed by atoms with Crippen molar-refractivity contribution in [1.29, 1.82) is 0 Å². The minimum atomic E-state index is 0.563. The molecule has 0 heterocycles. The summed E-state index contributed by atoms with van der Waals surface area (Å²) in [5.74, 6) is 0.719. The molecule has 0 unspecified atom stereocenters. The van der Waals surface area contributed by atoms with Crippen molar-refractivity contribution >= 4 is 0 Å². The normalized spacial score (nSPS) is 9.40. The molecule has 0 radical (unpaired) electrons. The Bertz CT molecular complexity index is 93.6. The Hall–Kier alpha value is -0.540. The second kappa shape index (κ2) is 6.58. The Labute approximate surface area is 61.8 Å². The molecule has 0 aliphatic rings. The highest BCUT2D eigenvalue weighted by Gasteiger charge is 1.86. The summed E-state index contributed by atoms with van der Waals surface area (Å²) < 4.78 is 10.1. The van der Waals surface area contributed by atoms with E-state index in [1.807, 2.05) is 6.92 Å². The third kappa shape index (κ3) is 7.46. The third-order valence-corrected chi connectivity index (χ3v) is 0.838. The van der Waals surface area contributed by atoms with Gasteiger partial charge < -0.3 is 15.2 Å². The average Bonchev–Trinajstić information content (AvgIpc) is 1.87. The lowest BCUT2D eigenvalue weighted by molar-refractivity contribution is 0.0809. The van der Waals surface area contributed by atoms with Gasteiger partial charge in [-0.2, -0.15) is 0 Å². The van der Waals surface area contributed by atoms with E-state index in [2.05, 4.69) is 6.58 Å². The second-order valence-electron chi connectivity index (χ2n) is 1.95. The number of nitrogens with two attached hydrogens (primary N) is 1. The number of allylic oxidation sites excluding steroid dienone is 1. The van der Waals surface area contributed by atoms with Gasteiger partial charge in [0.1, 0.15) is 6.61 Å². The van der Waals surface area contributed by atoms with Crippen LogP contribution in [0.1, 0.15) is 6.92 Å². The molecule has 0 rings (SSSR count). The maximum absolute atomic E-state index is 5.19. The molecule has 0 aliphatic carbocycles. The van der Waals surface area contributed by atoms with E-state index >= 15 is 0 Å². The van der Waals surface area contributed by atoms with E-state index in [4.69, 9.17) is 15.2 Å². The Balaban J connectivity index is 2.84. The third-order valence-electron chi connectivity index (χ3n) is 0.838. The van der Waals surface area contributed by atoms with Gasteiger partial charge in [-0.1, -0.05) is 6.58 Å². The molecule has 0 fully saturated rings. The highest BCUT2D eigenvalue weighted by Crippen LogP contribution is 1.88. The molecule has 60 valence electrons. The molecular formula is C7H15NO2. The van der Waals surface area contributed by atoms with Gasteiger partial charge in [0, 0.05) is 6.54 Å². The van der Waals surface area contributed by atoms with E-state index < -0.39 is 0 Å². The van der Waals surface area contributed by atoms with E-state index in [0.29, 0.717) is 26.4 Å². The Morgan fingerprint density at radius 1 is 1.40 bits per heavy atom. The molecule has 0 aromatic rings. The summed E-state index contributed by atoms with van der Waals surface area (Å²) in [6.07, 6.45) is 0. The minimum absolute atomic E-state index is 0.563. The van der Waals surface area contributed by atoms with Crippen molar-refractivity contribution in [2.24, 2.45) is 5.73 Å². The largest absolute Gasteiger partial charge is 0.496 e. The lowest BCUT2D eigenvalue weighted by Gasteiger charge is -2.04. The molecule has 0 saturated carbocycles. The highest BCUT2D eigenvalue weighted by molar-refractivity contribution is 4.72. The number of rotatable bonds is 6. The molecule has 0 aliphatic heterocycles. The number of hydrogen-bond acceptors (Lipinski definition) is 3. The smallest absolute Gasteiger partial charge is 0.111 e. The maximum atomic E-state index is 5.19. The summed E-state index contributed by atoms with van der Waals surface area (Å²) in [5.41, 5.74) is 5.19. The zero-order valence-electron chi connectivity index (χ0n) is 6.43. The van der Waals surface area contributed by atoms with Crippen molar-refractivity contribution in [3.05, 3.63) is 12.3 Å². The van der Waals surface area contributed by atoms with E-state index in [1.165, 1.54) is 0 Å². The maximum Gasteiger partial charge on any atom is 0.111 e. The molecule has 0 saturated heterocycles. The van der Waals surface area contributed by atoms with E-state index in [-0.39, 0.29) is 0 Å². The van der Waals surface area contributed by atoms with Crippen molar-refractivity contribution < 1.29 is 9.47 Å². The SMILES string of the molecule is C=C(C)OCCOCCN. The summed E-state index contributed by atoms with van der Waals surface area (Å²) in [6.45, 7) is 7.69. The zero-order valence-corrected chi connectivity index (χ0v) is 6.43. The first kappa shape index (κ1) is 9.46. The Kier molecular flexibility index (Phi) is 6.22. The van der Waals surface area contributed by atoms with Gasteiger partial charge >= 0.3 is 0 Å². The van der Waals surface area contributed by atoms with Crippen LogP contribution in [0.15, 0.2) is 12.3 Å². The monoisotopic (exact) mass is 145 g/mol. The lowest BCUT2D eigenvalue weighted by Crippen LogP contribution is -2.11. The van der Waals surface area contributed by atoms with Crippen molar-refractivity contribution in [3.8, 4) is 0 Å². The van der Waals surface area contributed by atoms with Gasteiger partial charge in [0.15, 0.2) is 0 Å². The van der Waals surface area contributed by atoms with Gasteiger partial charge in [0.05, 0.1) is 19.0 Å². The molecule has 3 heteroatoms. The number of hydrogen-bond donors (Lipinski definition) is 1. The Morgan fingerprint density at radius 2 is 2.10 bits per heavy atom. The average molecular weight is 145 g/mol. The summed E-state index contributed by atoms with van der Waals surface area (Å²) in [4.78, 5) is 0. The summed E-state index contributed by atoms with van der Waals surface area (Å²) in [5, 5.41) is 0. The predicted octanol–water partition coefficient (Wildman–Crippen LogP) is 0.512. The van der Waals surface area contributed by atoms with Crippen molar-refractivity contribution in [1.82, 2.24) is 0 Å². The van der Waals surface area contributed by atoms with Crippen molar-refractivity contribution in [3.63, 3.8) is 0 Å². The minimum Gasteiger partial charge on any atom is -0.496 e. The summed E-state index contributed by atoms with van der Waals surface area (Å²) >= 11 is 0. The first-order chi connectivity index (χ1) is 4.77. The fourth-order valence-corrected chi connectivity index (χ4v) is 0.460. The van der Waals surface area contributed by atoms with Crippen LogP contribution in [0, 0.1) is 0 Å². The zero-order chi connectivity index (χ0) is 7.82. The van der Waals surface area contributed by atoms with Crippen LogP contribution in [-0.2, 0) is 9.47 Å². The van der Waals surface area contributed by atoms with Crippen LogP contribution in [-0.4, -0.2) is 26.4 Å². The van der Waals surface area contributed by atoms with Gasteiger partial charge in [0.25, 0.3) is 0 Å². The quantitative estimate of drug-likeness (QED) is 0.437. The van der Waals surface area contributed by atoms with Crippen LogP contribution >= 0.6 is 0 Å². The van der Waals surface area contributed by atoms with Gasteiger partial charge in [0.2, 0.25) is 0 Å². The summed E-state index contributed by atoms with van der Waals surface area (Å²) in [7, 11) is 0. The van der Waals surface area contributed by atoms with Gasteiger partial charge in [-0.25, -0.2) is 0 Å². The molecule has 10 heavy (non-hydrogen) atoms. The topological polar surface area (TPSA) is 44.5 Å². The first-order valence-electron chi connectivity index (χ1n) is 3.33. The van der Waals surface area contributed by atoms with Gasteiger partial charge in [-0.3, -0.25) is 0 Å². The highest BCUT2D eigenvalue weighted by atomic mass is 16.5. The van der Waals surface area contributed by atoms with E-state index in [0.717, 1.165) is 5.76 Å². The Morgan fingerprint density at radius 3 is 2.60 bits per heavy atom. The van der Waals surface area contributed by atoms with Crippen molar-refractivity contribution in [2.45, 2.75) is 6.92 Å². The van der Waals surface area contributed by atoms with Crippen LogP contribution in [0.25, 0.3) is 0 Å². The fraction of sp³-hybridized carbons (Fsp3) is 0.714. The molecule has 2 N–H and O–H groups in total. The van der Waals surface area contributed by atoms with Crippen LogP contribution in [0.4, 0.5) is 0 Å². The fourth-order valence-electron chi connectivity index (χ4n) is 0.460. The van der Waals surface area contributed by atoms with Gasteiger partial charge in [-0.05, 0) is 6.92 Å². The molecule has 0 spiro atoms. The van der Waals surface area contributed by atoms with Crippen LogP contribution in [0.5, 0.6) is 0 Å². The molecule has 0 bridgehead atoms. The molecule has 3 nitrogen and oxygen atoms in total. The molecule has 0 aromatic carbocycles. The molecule has 0 atom stereocenters.